The van der Waals surface area contributed by atoms with E-state index >= 15 is 0 Å². The molecule has 76 valence electrons. The van der Waals surface area contributed by atoms with Crippen LogP contribution in [0, 0.1) is 0 Å². The Labute approximate surface area is 89.7 Å². The van der Waals surface area contributed by atoms with E-state index in [0.29, 0.717) is 0 Å². The quantitative estimate of drug-likeness (QED) is 0.728. The summed E-state index contributed by atoms with van der Waals surface area (Å²) >= 11 is 0. The summed E-state index contributed by atoms with van der Waals surface area (Å²) in [6.45, 7) is 0. The first-order chi connectivity index (χ1) is 7.29. The lowest BCUT2D eigenvalue weighted by atomic mass is 10.0. The molecule has 0 saturated carbocycles. The van der Waals surface area contributed by atoms with Gasteiger partial charge in [0.15, 0.2) is 0 Å². The van der Waals surface area contributed by atoms with Crippen molar-refractivity contribution in [3.63, 3.8) is 0 Å². The Bertz CT molecular complexity index is 446. The van der Waals surface area contributed by atoms with Crippen LogP contribution in [0.3, 0.4) is 0 Å². The topological polar surface area (TPSA) is 38.0 Å². The van der Waals surface area contributed by atoms with E-state index in [9.17, 15) is 0 Å². The summed E-state index contributed by atoms with van der Waals surface area (Å²) in [7, 11) is 1.91. The summed E-state index contributed by atoms with van der Waals surface area (Å²) in [6.07, 6.45) is 0. The second-order valence-corrected chi connectivity index (χ2v) is 3.45. The molecule has 0 aliphatic rings. The maximum atomic E-state index is 5.74. The van der Waals surface area contributed by atoms with Crippen LogP contribution in [-0.4, -0.2) is 7.05 Å². The molecule has 0 radical (unpaired) electrons. The van der Waals surface area contributed by atoms with E-state index in [4.69, 9.17) is 5.73 Å². The van der Waals surface area contributed by atoms with E-state index in [2.05, 4.69) is 35.6 Å². The zero-order valence-corrected chi connectivity index (χ0v) is 8.70. The Hall–Kier alpha value is -1.96. The van der Waals surface area contributed by atoms with Gasteiger partial charge in [0.25, 0.3) is 0 Å². The van der Waals surface area contributed by atoms with E-state index in [1.165, 1.54) is 5.56 Å². The molecule has 0 fully saturated rings. The van der Waals surface area contributed by atoms with Crippen LogP contribution >= 0.6 is 0 Å². The Kier molecular flexibility index (Phi) is 2.59. The predicted octanol–water partition coefficient (Wildman–Crippen LogP) is 2.98. The van der Waals surface area contributed by atoms with Gasteiger partial charge in [-0.3, -0.25) is 0 Å². The highest BCUT2D eigenvalue weighted by molar-refractivity contribution is 5.68. The fraction of sp³-hybridized carbons (Fsp3) is 0.0769. The summed E-state index contributed by atoms with van der Waals surface area (Å²) in [4.78, 5) is 0. The maximum Gasteiger partial charge on any atom is 0.0337 e. The first-order valence-corrected chi connectivity index (χ1v) is 4.93. The normalized spacial score (nSPS) is 9.93. The van der Waals surface area contributed by atoms with Crippen molar-refractivity contribution in [1.82, 2.24) is 0 Å². The third-order valence-electron chi connectivity index (χ3n) is 2.39. The molecule has 0 saturated heterocycles. The number of nitrogens with two attached hydrogens (primary N) is 1. The molecule has 0 aromatic heterocycles. The SMILES string of the molecule is CNc1ccc(-c2cccc(N)c2)cc1. The van der Waals surface area contributed by atoms with Crippen molar-refractivity contribution in [2.24, 2.45) is 0 Å². The van der Waals surface area contributed by atoms with Gasteiger partial charge in [0.2, 0.25) is 0 Å². The summed E-state index contributed by atoms with van der Waals surface area (Å²) in [5.74, 6) is 0. The smallest absolute Gasteiger partial charge is 0.0337 e. The molecule has 2 aromatic rings. The lowest BCUT2D eigenvalue weighted by Gasteiger charge is -2.04. The number of nitrogen functional groups attached to an aromatic ring is 1. The second-order valence-electron chi connectivity index (χ2n) is 3.45. The predicted molar refractivity (Wildman–Crippen MR) is 65.8 cm³/mol. The summed E-state index contributed by atoms with van der Waals surface area (Å²) in [6, 6.07) is 16.2. The fourth-order valence-electron chi connectivity index (χ4n) is 1.55. The van der Waals surface area contributed by atoms with Gasteiger partial charge in [0, 0.05) is 18.4 Å². The highest BCUT2D eigenvalue weighted by Gasteiger charge is 1.97. The Morgan fingerprint density at radius 1 is 0.933 bits per heavy atom. The van der Waals surface area contributed by atoms with E-state index in [0.717, 1.165) is 16.9 Å². The van der Waals surface area contributed by atoms with Crippen LogP contribution in [0.1, 0.15) is 0 Å². The van der Waals surface area contributed by atoms with Crippen molar-refractivity contribution in [2.75, 3.05) is 18.1 Å². The van der Waals surface area contributed by atoms with Crippen LogP contribution in [0.15, 0.2) is 48.5 Å². The van der Waals surface area contributed by atoms with E-state index < -0.39 is 0 Å². The van der Waals surface area contributed by atoms with Crippen LogP contribution in [0.4, 0.5) is 11.4 Å². The Morgan fingerprint density at radius 2 is 1.67 bits per heavy atom. The average Bonchev–Trinajstić information content (AvgIpc) is 2.29. The van der Waals surface area contributed by atoms with Crippen LogP contribution < -0.4 is 11.1 Å². The fourth-order valence-corrected chi connectivity index (χ4v) is 1.55. The minimum absolute atomic E-state index is 0.796. The van der Waals surface area contributed by atoms with Gasteiger partial charge < -0.3 is 11.1 Å². The van der Waals surface area contributed by atoms with Gasteiger partial charge in [-0.1, -0.05) is 24.3 Å². The number of rotatable bonds is 2. The van der Waals surface area contributed by atoms with E-state index in [-0.39, 0.29) is 0 Å². The van der Waals surface area contributed by atoms with Crippen LogP contribution in [-0.2, 0) is 0 Å². The van der Waals surface area contributed by atoms with Gasteiger partial charge in [-0.15, -0.1) is 0 Å². The molecule has 0 heterocycles. The van der Waals surface area contributed by atoms with Gasteiger partial charge in [-0.2, -0.15) is 0 Å². The largest absolute Gasteiger partial charge is 0.399 e. The molecule has 2 nitrogen and oxygen atoms in total. The molecule has 15 heavy (non-hydrogen) atoms. The molecule has 0 atom stereocenters. The molecule has 2 heteroatoms. The first kappa shape index (κ1) is 9.59. The summed E-state index contributed by atoms with van der Waals surface area (Å²) < 4.78 is 0. The third-order valence-corrected chi connectivity index (χ3v) is 2.39. The van der Waals surface area contributed by atoms with Crippen molar-refractivity contribution >= 4 is 11.4 Å². The molecule has 2 rings (SSSR count). The number of benzene rings is 2. The molecule has 3 N–H and O–H groups in total. The van der Waals surface area contributed by atoms with Gasteiger partial charge in [0.05, 0.1) is 0 Å². The van der Waals surface area contributed by atoms with Crippen LogP contribution in [0.2, 0.25) is 0 Å². The number of hydrogen-bond acceptors (Lipinski definition) is 2. The number of nitrogens with one attached hydrogen (secondary N) is 1. The van der Waals surface area contributed by atoms with Gasteiger partial charge in [-0.05, 0) is 35.4 Å². The summed E-state index contributed by atoms with van der Waals surface area (Å²) in [5, 5.41) is 3.09. The highest BCUT2D eigenvalue weighted by atomic mass is 14.8. The molecule has 0 spiro atoms. The maximum absolute atomic E-state index is 5.74. The zero-order valence-electron chi connectivity index (χ0n) is 8.70. The Balaban J connectivity index is 2.37. The molecule has 0 amide bonds. The first-order valence-electron chi connectivity index (χ1n) is 4.93. The highest BCUT2D eigenvalue weighted by Crippen LogP contribution is 2.22. The lowest BCUT2D eigenvalue weighted by Crippen LogP contribution is -1.88. The average molecular weight is 198 g/mol. The molecule has 0 unspecified atom stereocenters. The van der Waals surface area contributed by atoms with Gasteiger partial charge in [0.1, 0.15) is 0 Å². The minimum Gasteiger partial charge on any atom is -0.399 e. The molecule has 0 aliphatic carbocycles. The lowest BCUT2D eigenvalue weighted by molar-refractivity contribution is 1.51. The van der Waals surface area contributed by atoms with Crippen molar-refractivity contribution in [3.8, 4) is 11.1 Å². The zero-order chi connectivity index (χ0) is 10.7. The van der Waals surface area contributed by atoms with E-state index in [1.807, 2.05) is 25.2 Å². The minimum atomic E-state index is 0.796. The molecular formula is C13H14N2. The van der Waals surface area contributed by atoms with Gasteiger partial charge in [-0.25, -0.2) is 0 Å². The van der Waals surface area contributed by atoms with Crippen molar-refractivity contribution in [1.29, 1.82) is 0 Å². The number of hydrogen-bond donors (Lipinski definition) is 2. The van der Waals surface area contributed by atoms with Crippen molar-refractivity contribution in [2.45, 2.75) is 0 Å². The molecular weight excluding hydrogens is 184 g/mol. The van der Waals surface area contributed by atoms with Crippen molar-refractivity contribution in [3.05, 3.63) is 48.5 Å². The van der Waals surface area contributed by atoms with Crippen molar-refractivity contribution < 1.29 is 0 Å². The third kappa shape index (κ3) is 2.10. The van der Waals surface area contributed by atoms with E-state index in [1.54, 1.807) is 0 Å². The van der Waals surface area contributed by atoms with Crippen LogP contribution in [0.25, 0.3) is 11.1 Å². The number of anilines is 2. The van der Waals surface area contributed by atoms with Crippen LogP contribution in [0.5, 0.6) is 0 Å². The molecule has 2 aromatic carbocycles. The second kappa shape index (κ2) is 4.05. The standard InChI is InChI=1S/C13H14N2/c1-15-13-7-5-10(6-8-13)11-3-2-4-12(14)9-11/h2-9,15H,14H2,1H3. The molecule has 0 bridgehead atoms. The monoisotopic (exact) mass is 198 g/mol. The summed E-state index contributed by atoms with van der Waals surface area (Å²) in [5.41, 5.74) is 9.98. The Morgan fingerprint density at radius 3 is 2.27 bits per heavy atom. The van der Waals surface area contributed by atoms with Gasteiger partial charge >= 0.3 is 0 Å². The molecule has 0 aliphatic heterocycles.